The number of piperazine rings is 1. The maximum atomic E-state index is 13.7. The fourth-order valence-electron chi connectivity index (χ4n) is 4.97. The molecular formula is C26H34N4O5S2. The van der Waals surface area contributed by atoms with Crippen LogP contribution in [-0.2, 0) is 21.4 Å². The van der Waals surface area contributed by atoms with Gasteiger partial charge in [-0.2, -0.15) is 9.40 Å². The first-order valence-electron chi connectivity index (χ1n) is 12.7. The van der Waals surface area contributed by atoms with Crippen LogP contribution in [0.2, 0.25) is 0 Å². The summed E-state index contributed by atoms with van der Waals surface area (Å²) in [5.41, 5.74) is 0.0478. The second-order valence-electron chi connectivity index (χ2n) is 10.7. The van der Waals surface area contributed by atoms with Crippen molar-refractivity contribution in [2.75, 3.05) is 18.0 Å². The van der Waals surface area contributed by atoms with Gasteiger partial charge in [0.2, 0.25) is 15.9 Å². The van der Waals surface area contributed by atoms with Gasteiger partial charge in [0.25, 0.3) is 0 Å². The maximum absolute atomic E-state index is 13.7. The molecule has 9 nitrogen and oxygen atoms in total. The molecule has 1 saturated heterocycles. The monoisotopic (exact) mass is 546 g/mol. The standard InChI is InChI=1S/C26H34N4O5S2/c1-5-28-15-20(14-27-28)37(34,35)29-16-22(18-9-7-6-8-10-18)30(23(31)17-29)21-13-19(11-12-26(2,3)4)36-24(21)25(32)33/h13-15,18,22H,5-10,16-17H2,1-4H3,(H,32,33)/t22-/m0/s1. The van der Waals surface area contributed by atoms with Crippen LogP contribution in [0.1, 0.15) is 74.3 Å². The molecule has 1 amide bonds. The summed E-state index contributed by atoms with van der Waals surface area (Å²) in [7, 11) is -3.94. The van der Waals surface area contributed by atoms with Crippen molar-refractivity contribution < 1.29 is 23.1 Å². The van der Waals surface area contributed by atoms with E-state index in [4.69, 9.17) is 0 Å². The smallest absolute Gasteiger partial charge is 0.348 e. The number of aryl methyl sites for hydroxylation is 1. The molecule has 3 heterocycles. The molecule has 0 radical (unpaired) electrons. The number of aromatic nitrogens is 2. The summed E-state index contributed by atoms with van der Waals surface area (Å²) in [6.07, 6.45) is 7.60. The largest absolute Gasteiger partial charge is 0.477 e. The maximum Gasteiger partial charge on any atom is 0.348 e. The van der Waals surface area contributed by atoms with Gasteiger partial charge in [0, 0.05) is 24.7 Å². The zero-order valence-electron chi connectivity index (χ0n) is 21.7. The summed E-state index contributed by atoms with van der Waals surface area (Å²) in [5.74, 6) is 4.71. The van der Waals surface area contributed by atoms with Crippen molar-refractivity contribution in [1.29, 1.82) is 0 Å². The second kappa shape index (κ2) is 10.6. The summed E-state index contributed by atoms with van der Waals surface area (Å²) in [6.45, 7) is 8.06. The van der Waals surface area contributed by atoms with E-state index in [1.807, 2.05) is 27.7 Å². The van der Waals surface area contributed by atoms with Crippen LogP contribution < -0.4 is 4.90 Å². The SMILES string of the molecule is CCn1cc(S(=O)(=O)N2CC(=O)N(c3cc(C#CC(C)(C)C)sc3C(=O)O)[C@H](C3CCCCC3)C2)cn1. The molecule has 0 bridgehead atoms. The van der Waals surface area contributed by atoms with Crippen LogP contribution in [-0.4, -0.2) is 58.6 Å². The van der Waals surface area contributed by atoms with Crippen molar-refractivity contribution in [2.45, 2.75) is 77.3 Å². The minimum absolute atomic E-state index is 0.0490. The Kier molecular flexibility index (Phi) is 7.83. The van der Waals surface area contributed by atoms with Gasteiger partial charge in [0.1, 0.15) is 9.77 Å². The van der Waals surface area contributed by atoms with Crippen LogP contribution in [0.4, 0.5) is 5.69 Å². The van der Waals surface area contributed by atoms with Gasteiger partial charge in [-0.05, 0) is 52.5 Å². The van der Waals surface area contributed by atoms with Gasteiger partial charge in [-0.15, -0.1) is 11.3 Å². The summed E-state index contributed by atoms with van der Waals surface area (Å²) >= 11 is 1.05. The lowest BCUT2D eigenvalue weighted by Crippen LogP contribution is -2.60. The predicted octanol–water partition coefficient (Wildman–Crippen LogP) is 4.05. The van der Waals surface area contributed by atoms with Gasteiger partial charge in [-0.25, -0.2) is 13.2 Å². The Morgan fingerprint density at radius 3 is 2.54 bits per heavy atom. The molecule has 2 aliphatic rings. The highest BCUT2D eigenvalue weighted by Crippen LogP contribution is 2.39. The highest BCUT2D eigenvalue weighted by atomic mass is 32.2. The molecule has 0 spiro atoms. The summed E-state index contributed by atoms with van der Waals surface area (Å²) in [6, 6.07) is 1.21. The van der Waals surface area contributed by atoms with E-state index in [0.717, 1.165) is 43.4 Å². The molecule has 1 N–H and O–H groups in total. The number of anilines is 1. The third-order valence-corrected chi connectivity index (χ3v) is 9.59. The molecule has 1 aliphatic heterocycles. The number of rotatable bonds is 6. The van der Waals surface area contributed by atoms with Gasteiger partial charge < -0.3 is 10.0 Å². The van der Waals surface area contributed by atoms with Crippen LogP contribution >= 0.6 is 11.3 Å². The van der Waals surface area contributed by atoms with Crippen molar-refractivity contribution in [1.82, 2.24) is 14.1 Å². The first kappa shape index (κ1) is 27.4. The molecule has 11 heteroatoms. The van der Waals surface area contributed by atoms with E-state index < -0.39 is 27.9 Å². The van der Waals surface area contributed by atoms with Crippen LogP contribution in [0.3, 0.4) is 0 Å². The molecule has 200 valence electrons. The van der Waals surface area contributed by atoms with Crippen LogP contribution in [0.15, 0.2) is 23.4 Å². The molecular weight excluding hydrogens is 512 g/mol. The fraction of sp³-hybridized carbons (Fsp3) is 0.577. The Labute approximate surface area is 222 Å². The van der Waals surface area contributed by atoms with Gasteiger partial charge in [-0.1, -0.05) is 31.1 Å². The Balaban J connectivity index is 1.75. The summed E-state index contributed by atoms with van der Waals surface area (Å²) in [4.78, 5) is 28.1. The molecule has 1 saturated carbocycles. The van der Waals surface area contributed by atoms with Gasteiger partial charge in [-0.3, -0.25) is 9.48 Å². The quantitative estimate of drug-likeness (QED) is 0.547. The van der Waals surface area contributed by atoms with E-state index in [9.17, 15) is 23.1 Å². The van der Waals surface area contributed by atoms with Crippen LogP contribution in [0, 0.1) is 23.2 Å². The lowest BCUT2D eigenvalue weighted by atomic mass is 9.82. The predicted molar refractivity (Wildman–Crippen MR) is 142 cm³/mol. The van der Waals surface area contributed by atoms with Gasteiger partial charge >= 0.3 is 5.97 Å². The molecule has 2 aromatic rings. The molecule has 0 aromatic carbocycles. The molecule has 1 atom stereocenters. The number of thiophene rings is 1. The van der Waals surface area contributed by atoms with Crippen molar-refractivity contribution in [3.63, 3.8) is 0 Å². The fourth-order valence-corrected chi connectivity index (χ4v) is 7.17. The number of carbonyl (C=O) groups excluding carboxylic acids is 1. The number of carboxylic acid groups (broad SMARTS) is 1. The molecule has 1 aliphatic carbocycles. The number of amides is 1. The summed E-state index contributed by atoms with van der Waals surface area (Å²) in [5, 5.41) is 14.1. The van der Waals surface area contributed by atoms with E-state index in [1.165, 1.54) is 21.4 Å². The molecule has 4 rings (SSSR count). The minimum Gasteiger partial charge on any atom is -0.477 e. The normalized spacial score (nSPS) is 20.1. The average molecular weight is 547 g/mol. The van der Waals surface area contributed by atoms with Crippen LogP contribution in [0.5, 0.6) is 0 Å². The first-order valence-corrected chi connectivity index (χ1v) is 14.9. The third-order valence-electron chi connectivity index (χ3n) is 6.79. The van der Waals surface area contributed by atoms with Crippen molar-refractivity contribution in [2.24, 2.45) is 11.3 Å². The van der Waals surface area contributed by atoms with E-state index in [2.05, 4.69) is 16.9 Å². The van der Waals surface area contributed by atoms with E-state index in [1.54, 1.807) is 11.0 Å². The second-order valence-corrected chi connectivity index (χ2v) is 13.7. The highest BCUT2D eigenvalue weighted by molar-refractivity contribution is 7.89. The van der Waals surface area contributed by atoms with Crippen LogP contribution in [0.25, 0.3) is 0 Å². The summed E-state index contributed by atoms with van der Waals surface area (Å²) < 4.78 is 29.7. The highest BCUT2D eigenvalue weighted by Gasteiger charge is 2.44. The van der Waals surface area contributed by atoms with Gasteiger partial charge in [0.15, 0.2) is 0 Å². The van der Waals surface area contributed by atoms with Crippen molar-refractivity contribution in [3.05, 3.63) is 28.2 Å². The number of hydrogen-bond donors (Lipinski definition) is 1. The zero-order valence-corrected chi connectivity index (χ0v) is 23.4. The Morgan fingerprint density at radius 1 is 1.24 bits per heavy atom. The van der Waals surface area contributed by atoms with Crippen molar-refractivity contribution in [3.8, 4) is 11.8 Å². The van der Waals surface area contributed by atoms with E-state index in [0.29, 0.717) is 17.1 Å². The average Bonchev–Trinajstić information content (AvgIpc) is 3.50. The lowest BCUT2D eigenvalue weighted by Gasteiger charge is -2.44. The topological polar surface area (TPSA) is 113 Å². The third kappa shape index (κ3) is 5.92. The number of carboxylic acids is 1. The molecule has 2 fully saturated rings. The number of carbonyl (C=O) groups is 2. The molecule has 37 heavy (non-hydrogen) atoms. The number of hydrogen-bond acceptors (Lipinski definition) is 6. The number of sulfonamides is 1. The zero-order chi connectivity index (χ0) is 27.0. The lowest BCUT2D eigenvalue weighted by molar-refractivity contribution is -0.121. The Morgan fingerprint density at radius 2 is 1.95 bits per heavy atom. The Bertz CT molecular complexity index is 1340. The Hall–Kier alpha value is -2.68. The van der Waals surface area contributed by atoms with E-state index >= 15 is 0 Å². The first-order chi connectivity index (χ1) is 17.4. The molecule has 2 aromatic heterocycles. The minimum atomic E-state index is -3.94. The number of aromatic carboxylic acids is 1. The molecule has 0 unspecified atom stereocenters. The number of nitrogens with zero attached hydrogens (tertiary/aromatic N) is 4. The van der Waals surface area contributed by atoms with Crippen molar-refractivity contribution >= 4 is 38.9 Å². The van der Waals surface area contributed by atoms with E-state index in [-0.39, 0.29) is 34.2 Å². The van der Waals surface area contributed by atoms with Gasteiger partial charge in [0.05, 0.1) is 29.3 Å².